The summed E-state index contributed by atoms with van der Waals surface area (Å²) >= 11 is 0. The van der Waals surface area contributed by atoms with Gasteiger partial charge in [0.25, 0.3) is 0 Å². The van der Waals surface area contributed by atoms with E-state index in [1.807, 2.05) is 0 Å². The maximum absolute atomic E-state index is 10.4. The topological polar surface area (TPSA) is 23.6 Å². The van der Waals surface area contributed by atoms with Crippen LogP contribution in [-0.4, -0.2) is 55.4 Å². The van der Waals surface area contributed by atoms with Crippen LogP contribution in [0, 0.1) is 11.3 Å². The molecular formula is C17H32N2O. The van der Waals surface area contributed by atoms with Gasteiger partial charge in [0.2, 0.25) is 0 Å². The summed E-state index contributed by atoms with van der Waals surface area (Å²) in [6.07, 6.45) is 8.39. The highest BCUT2D eigenvalue weighted by Gasteiger charge is 2.37. The number of nitrogens with zero attached hydrogens (tertiary/aromatic N) is 2. The van der Waals surface area contributed by atoms with Crippen molar-refractivity contribution >= 4 is 6.29 Å². The van der Waals surface area contributed by atoms with E-state index >= 15 is 0 Å². The van der Waals surface area contributed by atoms with Crippen molar-refractivity contribution in [1.82, 2.24) is 9.80 Å². The fraction of sp³-hybridized carbons (Fsp3) is 0.941. The van der Waals surface area contributed by atoms with Gasteiger partial charge in [0.1, 0.15) is 6.29 Å². The SMILES string of the molecule is CC(C)CN1CCC2(CCN(CCCC=O)CC2)CC1. The number of unbranched alkanes of at least 4 members (excludes halogenated alkanes) is 1. The minimum absolute atomic E-state index is 0.647. The molecule has 0 N–H and O–H groups in total. The summed E-state index contributed by atoms with van der Waals surface area (Å²) in [6.45, 7) is 12.2. The van der Waals surface area contributed by atoms with Crippen LogP contribution in [0.15, 0.2) is 0 Å². The van der Waals surface area contributed by atoms with Gasteiger partial charge in [-0.15, -0.1) is 0 Å². The molecule has 0 aromatic heterocycles. The van der Waals surface area contributed by atoms with Gasteiger partial charge in [-0.25, -0.2) is 0 Å². The number of hydrogen-bond donors (Lipinski definition) is 0. The van der Waals surface area contributed by atoms with Gasteiger partial charge in [0.15, 0.2) is 0 Å². The normalized spacial score (nSPS) is 24.4. The summed E-state index contributed by atoms with van der Waals surface area (Å²) in [6, 6.07) is 0. The Hall–Kier alpha value is -0.410. The summed E-state index contributed by atoms with van der Waals surface area (Å²) in [4.78, 5) is 15.6. The van der Waals surface area contributed by atoms with Crippen LogP contribution in [-0.2, 0) is 4.79 Å². The predicted molar refractivity (Wildman–Crippen MR) is 83.9 cm³/mol. The van der Waals surface area contributed by atoms with Crippen LogP contribution in [0.4, 0.5) is 0 Å². The van der Waals surface area contributed by atoms with E-state index in [0.717, 1.165) is 31.6 Å². The number of carbonyl (C=O) groups excluding carboxylic acids is 1. The fourth-order valence-corrected chi connectivity index (χ4v) is 3.88. The lowest BCUT2D eigenvalue weighted by molar-refractivity contribution is -0.108. The molecule has 0 radical (unpaired) electrons. The van der Waals surface area contributed by atoms with Crippen molar-refractivity contribution in [1.29, 1.82) is 0 Å². The third-order valence-electron chi connectivity index (χ3n) is 5.25. The predicted octanol–water partition coefficient (Wildman–Crippen LogP) is 2.80. The highest BCUT2D eigenvalue weighted by Crippen LogP contribution is 2.41. The molecule has 2 aliphatic heterocycles. The number of likely N-dealkylation sites (tertiary alicyclic amines) is 2. The molecule has 0 aliphatic carbocycles. The maximum atomic E-state index is 10.4. The van der Waals surface area contributed by atoms with E-state index in [-0.39, 0.29) is 0 Å². The van der Waals surface area contributed by atoms with E-state index in [1.165, 1.54) is 58.4 Å². The lowest BCUT2D eigenvalue weighted by atomic mass is 9.71. The number of aldehydes is 1. The first-order valence-corrected chi connectivity index (χ1v) is 8.52. The molecule has 1 spiro atoms. The Bertz CT molecular complexity index is 285. The zero-order chi connectivity index (χ0) is 14.4. The van der Waals surface area contributed by atoms with Gasteiger partial charge >= 0.3 is 0 Å². The van der Waals surface area contributed by atoms with Crippen LogP contribution in [0.3, 0.4) is 0 Å². The molecule has 0 saturated carbocycles. The quantitative estimate of drug-likeness (QED) is 0.552. The van der Waals surface area contributed by atoms with E-state index in [0.29, 0.717) is 5.41 Å². The monoisotopic (exact) mass is 280 g/mol. The second kappa shape index (κ2) is 7.56. The summed E-state index contributed by atoms with van der Waals surface area (Å²) in [5.74, 6) is 0.795. The highest BCUT2D eigenvalue weighted by atomic mass is 16.1. The fourth-order valence-electron chi connectivity index (χ4n) is 3.88. The molecule has 0 aromatic carbocycles. The smallest absolute Gasteiger partial charge is 0.120 e. The molecule has 3 heteroatoms. The lowest BCUT2D eigenvalue weighted by Crippen LogP contribution is -2.47. The Labute approximate surface area is 124 Å². The third kappa shape index (κ3) is 4.56. The minimum Gasteiger partial charge on any atom is -0.303 e. The largest absolute Gasteiger partial charge is 0.303 e. The molecule has 2 aliphatic rings. The molecular weight excluding hydrogens is 248 g/mol. The van der Waals surface area contributed by atoms with Crippen LogP contribution >= 0.6 is 0 Å². The van der Waals surface area contributed by atoms with Gasteiger partial charge in [0, 0.05) is 13.0 Å². The molecule has 2 fully saturated rings. The van der Waals surface area contributed by atoms with Crippen molar-refractivity contribution in [3.05, 3.63) is 0 Å². The molecule has 2 rings (SSSR count). The van der Waals surface area contributed by atoms with E-state index in [4.69, 9.17) is 0 Å². The van der Waals surface area contributed by atoms with E-state index in [1.54, 1.807) is 0 Å². The lowest BCUT2D eigenvalue weighted by Gasteiger charge is -2.47. The summed E-state index contributed by atoms with van der Waals surface area (Å²) in [7, 11) is 0. The Kier molecular flexibility index (Phi) is 6.03. The number of piperidine rings is 2. The number of hydrogen-bond acceptors (Lipinski definition) is 3. The number of rotatable bonds is 6. The zero-order valence-electron chi connectivity index (χ0n) is 13.4. The Morgan fingerprint density at radius 2 is 1.55 bits per heavy atom. The molecule has 0 unspecified atom stereocenters. The van der Waals surface area contributed by atoms with E-state index in [9.17, 15) is 4.79 Å². The van der Waals surface area contributed by atoms with Crippen LogP contribution < -0.4 is 0 Å². The molecule has 2 saturated heterocycles. The summed E-state index contributed by atoms with van der Waals surface area (Å²) in [5.41, 5.74) is 0.647. The van der Waals surface area contributed by atoms with Crippen molar-refractivity contribution in [2.45, 2.75) is 52.4 Å². The van der Waals surface area contributed by atoms with E-state index in [2.05, 4.69) is 23.6 Å². The van der Waals surface area contributed by atoms with Crippen molar-refractivity contribution in [2.75, 3.05) is 39.3 Å². The molecule has 0 atom stereocenters. The number of carbonyl (C=O) groups is 1. The molecule has 0 amide bonds. The molecule has 3 nitrogen and oxygen atoms in total. The van der Waals surface area contributed by atoms with Gasteiger partial charge in [-0.3, -0.25) is 0 Å². The molecule has 20 heavy (non-hydrogen) atoms. The first-order valence-electron chi connectivity index (χ1n) is 8.52. The van der Waals surface area contributed by atoms with Crippen LogP contribution in [0.2, 0.25) is 0 Å². The standard InChI is InChI=1S/C17H32N2O/c1-16(2)15-19-12-7-17(8-13-19)5-10-18(11-6-17)9-3-4-14-20/h14,16H,3-13,15H2,1-2H3. The van der Waals surface area contributed by atoms with Crippen LogP contribution in [0.1, 0.15) is 52.4 Å². The van der Waals surface area contributed by atoms with Gasteiger partial charge in [-0.2, -0.15) is 0 Å². The minimum atomic E-state index is 0.647. The van der Waals surface area contributed by atoms with Gasteiger partial charge in [-0.05, 0) is 76.2 Å². The zero-order valence-corrected chi connectivity index (χ0v) is 13.4. The average molecular weight is 280 g/mol. The second-order valence-electron chi connectivity index (χ2n) is 7.34. The average Bonchev–Trinajstić information content (AvgIpc) is 2.44. The highest BCUT2D eigenvalue weighted by molar-refractivity contribution is 5.48. The summed E-state index contributed by atoms with van der Waals surface area (Å²) in [5, 5.41) is 0. The molecule has 0 bridgehead atoms. The summed E-state index contributed by atoms with van der Waals surface area (Å²) < 4.78 is 0. The first-order chi connectivity index (χ1) is 9.63. The van der Waals surface area contributed by atoms with Crippen LogP contribution in [0.25, 0.3) is 0 Å². The molecule has 2 heterocycles. The van der Waals surface area contributed by atoms with Gasteiger partial charge in [0.05, 0.1) is 0 Å². The van der Waals surface area contributed by atoms with Gasteiger partial charge in [-0.1, -0.05) is 13.8 Å². The van der Waals surface area contributed by atoms with Crippen molar-refractivity contribution < 1.29 is 4.79 Å². The molecule has 0 aromatic rings. The van der Waals surface area contributed by atoms with Crippen molar-refractivity contribution in [3.63, 3.8) is 0 Å². The Balaban J connectivity index is 1.69. The Morgan fingerprint density at radius 1 is 1.00 bits per heavy atom. The third-order valence-corrected chi connectivity index (χ3v) is 5.25. The van der Waals surface area contributed by atoms with Gasteiger partial charge < -0.3 is 14.6 Å². The first kappa shape index (κ1) is 16.0. The van der Waals surface area contributed by atoms with Crippen molar-refractivity contribution in [2.24, 2.45) is 11.3 Å². The molecule has 116 valence electrons. The Morgan fingerprint density at radius 3 is 2.05 bits per heavy atom. The maximum Gasteiger partial charge on any atom is 0.120 e. The second-order valence-corrected chi connectivity index (χ2v) is 7.34. The van der Waals surface area contributed by atoms with E-state index < -0.39 is 0 Å². The van der Waals surface area contributed by atoms with Crippen LogP contribution in [0.5, 0.6) is 0 Å². The van der Waals surface area contributed by atoms with Crippen molar-refractivity contribution in [3.8, 4) is 0 Å².